The van der Waals surface area contributed by atoms with E-state index in [-0.39, 0.29) is 11.3 Å². The molecule has 0 aliphatic carbocycles. The molecule has 0 aliphatic heterocycles. The van der Waals surface area contributed by atoms with Gasteiger partial charge in [-0.25, -0.2) is 4.39 Å². The molecule has 2 rings (SSSR count). The van der Waals surface area contributed by atoms with E-state index in [2.05, 4.69) is 0 Å². The lowest BCUT2D eigenvalue weighted by Gasteiger charge is -2.07. The van der Waals surface area contributed by atoms with Gasteiger partial charge >= 0.3 is 0 Å². The van der Waals surface area contributed by atoms with Gasteiger partial charge in [0.1, 0.15) is 18.2 Å². The fourth-order valence-corrected chi connectivity index (χ4v) is 1.61. The van der Waals surface area contributed by atoms with E-state index < -0.39 is 11.1 Å². The van der Waals surface area contributed by atoms with E-state index in [1.807, 2.05) is 30.3 Å². The van der Waals surface area contributed by atoms with Crippen molar-refractivity contribution in [1.29, 1.82) is 0 Å². The van der Waals surface area contributed by atoms with E-state index in [0.717, 1.165) is 11.6 Å². The zero-order valence-corrected chi connectivity index (χ0v) is 10.2. The van der Waals surface area contributed by atoms with Crippen molar-refractivity contribution in [1.82, 2.24) is 0 Å². The van der Waals surface area contributed by atoms with E-state index in [0.29, 0.717) is 6.61 Å². The number of halogens is 2. The highest BCUT2D eigenvalue weighted by Gasteiger charge is 2.07. The van der Waals surface area contributed by atoms with Crippen LogP contribution in [0.4, 0.5) is 4.39 Å². The zero-order chi connectivity index (χ0) is 13.0. The van der Waals surface area contributed by atoms with Crippen molar-refractivity contribution in [3.63, 3.8) is 0 Å². The highest BCUT2D eigenvalue weighted by atomic mass is 35.5. The third-order valence-corrected chi connectivity index (χ3v) is 2.56. The largest absolute Gasteiger partial charge is 0.489 e. The van der Waals surface area contributed by atoms with Crippen molar-refractivity contribution >= 4 is 16.8 Å². The molecule has 2 aromatic carbocycles. The molecule has 18 heavy (non-hydrogen) atoms. The van der Waals surface area contributed by atoms with Crippen molar-refractivity contribution < 1.29 is 13.9 Å². The number of carbonyl (C=O) groups excluding carboxylic acids is 1. The Morgan fingerprint density at radius 2 is 1.89 bits per heavy atom. The Morgan fingerprint density at radius 1 is 1.17 bits per heavy atom. The Hall–Kier alpha value is -1.87. The molecule has 0 saturated heterocycles. The Morgan fingerprint density at radius 3 is 2.56 bits per heavy atom. The highest BCUT2D eigenvalue weighted by molar-refractivity contribution is 6.67. The van der Waals surface area contributed by atoms with Crippen molar-refractivity contribution in [2.24, 2.45) is 0 Å². The molecule has 0 fully saturated rings. The SMILES string of the molecule is O=C(Cl)c1cc(F)cc(OCc2ccccc2)c1. The minimum atomic E-state index is -0.709. The average molecular weight is 265 g/mol. The molecule has 4 heteroatoms. The van der Waals surface area contributed by atoms with Gasteiger partial charge in [0.05, 0.1) is 0 Å². The molecule has 2 nitrogen and oxygen atoms in total. The third kappa shape index (κ3) is 3.31. The summed E-state index contributed by atoms with van der Waals surface area (Å²) in [4.78, 5) is 11.0. The van der Waals surface area contributed by atoms with Crippen LogP contribution in [-0.2, 0) is 6.61 Å². The first-order valence-electron chi connectivity index (χ1n) is 5.32. The molecule has 0 saturated carbocycles. The second-order valence-electron chi connectivity index (χ2n) is 3.72. The Bertz CT molecular complexity index is 555. The lowest BCUT2D eigenvalue weighted by Crippen LogP contribution is -1.98. The maximum Gasteiger partial charge on any atom is 0.252 e. The van der Waals surface area contributed by atoms with Gasteiger partial charge in [-0.05, 0) is 29.3 Å². The van der Waals surface area contributed by atoms with E-state index in [4.69, 9.17) is 16.3 Å². The van der Waals surface area contributed by atoms with Crippen LogP contribution >= 0.6 is 11.6 Å². The van der Waals surface area contributed by atoms with E-state index in [9.17, 15) is 9.18 Å². The molecule has 0 heterocycles. The number of carbonyl (C=O) groups is 1. The molecule has 0 spiro atoms. The molecule has 0 amide bonds. The number of ether oxygens (including phenoxy) is 1. The van der Waals surface area contributed by atoms with Crippen molar-refractivity contribution in [3.8, 4) is 5.75 Å². The first-order valence-corrected chi connectivity index (χ1v) is 5.70. The van der Waals surface area contributed by atoms with Crippen LogP contribution in [0.2, 0.25) is 0 Å². The summed E-state index contributed by atoms with van der Waals surface area (Å²) in [6.07, 6.45) is 0. The van der Waals surface area contributed by atoms with Crippen LogP contribution in [0.15, 0.2) is 48.5 Å². The fourth-order valence-electron chi connectivity index (χ4n) is 1.50. The van der Waals surface area contributed by atoms with Gasteiger partial charge in [-0.15, -0.1) is 0 Å². The minimum absolute atomic E-state index is 0.0831. The Kier molecular flexibility index (Phi) is 3.95. The van der Waals surface area contributed by atoms with Crippen LogP contribution < -0.4 is 4.74 Å². The molecule has 0 unspecified atom stereocenters. The maximum absolute atomic E-state index is 13.2. The standard InChI is InChI=1S/C14H10ClFO2/c15-14(17)11-6-12(16)8-13(7-11)18-9-10-4-2-1-3-5-10/h1-8H,9H2. The average Bonchev–Trinajstić information content (AvgIpc) is 2.37. The number of rotatable bonds is 4. The third-order valence-electron chi connectivity index (χ3n) is 2.35. The number of benzene rings is 2. The van der Waals surface area contributed by atoms with Crippen LogP contribution in [0.3, 0.4) is 0 Å². The van der Waals surface area contributed by atoms with Crippen LogP contribution in [0, 0.1) is 5.82 Å². The first kappa shape index (κ1) is 12.6. The second kappa shape index (κ2) is 5.65. The predicted octanol–water partition coefficient (Wildman–Crippen LogP) is 3.78. The van der Waals surface area contributed by atoms with E-state index >= 15 is 0 Å². The fraction of sp³-hybridized carbons (Fsp3) is 0.0714. The number of hydrogen-bond donors (Lipinski definition) is 0. The minimum Gasteiger partial charge on any atom is -0.489 e. The van der Waals surface area contributed by atoms with Gasteiger partial charge in [-0.3, -0.25) is 4.79 Å². The summed E-state index contributed by atoms with van der Waals surface area (Å²) in [5.41, 5.74) is 1.04. The smallest absolute Gasteiger partial charge is 0.252 e. The molecule has 0 aliphatic rings. The summed E-state index contributed by atoms with van der Waals surface area (Å²) in [6.45, 7) is 0.306. The summed E-state index contributed by atoms with van der Waals surface area (Å²) in [5, 5.41) is -0.709. The molecular formula is C14H10ClFO2. The van der Waals surface area contributed by atoms with Crippen molar-refractivity contribution in [3.05, 3.63) is 65.5 Å². The van der Waals surface area contributed by atoms with Crippen molar-refractivity contribution in [2.75, 3.05) is 0 Å². The molecule has 2 aromatic rings. The van der Waals surface area contributed by atoms with Gasteiger partial charge in [0.2, 0.25) is 0 Å². The first-order chi connectivity index (χ1) is 8.65. The predicted molar refractivity (Wildman–Crippen MR) is 67.4 cm³/mol. The Balaban J connectivity index is 2.12. The van der Waals surface area contributed by atoms with Gasteiger partial charge in [-0.2, -0.15) is 0 Å². The van der Waals surface area contributed by atoms with Crippen LogP contribution in [0.25, 0.3) is 0 Å². The number of hydrogen-bond acceptors (Lipinski definition) is 2. The second-order valence-corrected chi connectivity index (χ2v) is 4.07. The molecule has 0 bridgehead atoms. The lowest BCUT2D eigenvalue weighted by atomic mass is 10.2. The topological polar surface area (TPSA) is 26.3 Å². The Labute approximate surface area is 109 Å². The van der Waals surface area contributed by atoms with E-state index in [1.54, 1.807) is 0 Å². The molecular weight excluding hydrogens is 255 g/mol. The molecule has 0 radical (unpaired) electrons. The molecule has 92 valence electrons. The summed E-state index contributed by atoms with van der Waals surface area (Å²) in [5.74, 6) is -0.271. The van der Waals surface area contributed by atoms with Gasteiger partial charge in [-0.1, -0.05) is 30.3 Å². The van der Waals surface area contributed by atoms with Gasteiger partial charge in [0.25, 0.3) is 5.24 Å². The normalized spacial score (nSPS) is 10.1. The quantitative estimate of drug-likeness (QED) is 0.786. The monoisotopic (exact) mass is 264 g/mol. The highest BCUT2D eigenvalue weighted by Crippen LogP contribution is 2.19. The maximum atomic E-state index is 13.2. The summed E-state index contributed by atoms with van der Waals surface area (Å²) in [6, 6.07) is 13.2. The molecule has 0 aromatic heterocycles. The molecule has 0 atom stereocenters. The molecule has 0 N–H and O–H groups in total. The van der Waals surface area contributed by atoms with Crippen molar-refractivity contribution in [2.45, 2.75) is 6.61 Å². The zero-order valence-electron chi connectivity index (χ0n) is 9.40. The van der Waals surface area contributed by atoms with Crippen LogP contribution in [-0.4, -0.2) is 5.24 Å². The summed E-state index contributed by atoms with van der Waals surface area (Å²) in [7, 11) is 0. The lowest BCUT2D eigenvalue weighted by molar-refractivity contribution is 0.108. The van der Waals surface area contributed by atoms with E-state index in [1.165, 1.54) is 12.1 Å². The summed E-state index contributed by atoms with van der Waals surface area (Å²) < 4.78 is 18.6. The van der Waals surface area contributed by atoms with Gasteiger partial charge in [0, 0.05) is 11.6 Å². The summed E-state index contributed by atoms with van der Waals surface area (Å²) >= 11 is 5.30. The van der Waals surface area contributed by atoms with Crippen LogP contribution in [0.1, 0.15) is 15.9 Å². The van der Waals surface area contributed by atoms with Crippen LogP contribution in [0.5, 0.6) is 5.75 Å². The van der Waals surface area contributed by atoms with Gasteiger partial charge < -0.3 is 4.74 Å². The van der Waals surface area contributed by atoms with Gasteiger partial charge in [0.15, 0.2) is 0 Å².